The van der Waals surface area contributed by atoms with E-state index in [0.717, 1.165) is 16.9 Å². The third-order valence-electron chi connectivity index (χ3n) is 4.70. The van der Waals surface area contributed by atoms with Crippen LogP contribution in [-0.2, 0) is 14.3 Å². The minimum absolute atomic E-state index is 0.0666. The van der Waals surface area contributed by atoms with Crippen molar-refractivity contribution in [1.82, 2.24) is 5.32 Å². The minimum atomic E-state index is -0.602. The second kappa shape index (κ2) is 12.6. The molecule has 0 atom stereocenters. The van der Waals surface area contributed by atoms with Crippen LogP contribution in [0.4, 0.5) is 16.2 Å². The van der Waals surface area contributed by atoms with Gasteiger partial charge in [-0.05, 0) is 64.3 Å². The molecule has 3 amide bonds. The predicted molar refractivity (Wildman–Crippen MR) is 133 cm³/mol. The first-order chi connectivity index (χ1) is 16.0. The molecule has 0 aromatic heterocycles. The van der Waals surface area contributed by atoms with E-state index >= 15 is 0 Å². The number of benzene rings is 2. The molecule has 0 aliphatic carbocycles. The Morgan fingerprint density at radius 2 is 1.38 bits per heavy atom. The number of carbonyl (C=O) groups is 3. The van der Waals surface area contributed by atoms with E-state index in [2.05, 4.69) is 16.0 Å². The fourth-order valence-corrected chi connectivity index (χ4v) is 3.15. The Balaban J connectivity index is 1.78. The second-order valence-corrected chi connectivity index (χ2v) is 8.99. The van der Waals surface area contributed by atoms with Gasteiger partial charge >= 0.3 is 6.09 Å². The third kappa shape index (κ3) is 9.52. The molecule has 184 valence electrons. The minimum Gasteiger partial charge on any atom is -0.493 e. The Morgan fingerprint density at radius 1 is 0.824 bits per heavy atom. The summed E-state index contributed by atoms with van der Waals surface area (Å²) >= 11 is 0. The molecule has 2 aromatic rings. The molecule has 0 radical (unpaired) electrons. The van der Waals surface area contributed by atoms with Crippen LogP contribution in [0, 0.1) is 13.8 Å². The van der Waals surface area contributed by atoms with Gasteiger partial charge in [-0.1, -0.05) is 30.3 Å². The zero-order chi connectivity index (χ0) is 25.1. The SMILES string of the molecule is Cc1cccc(C)c1OCCCC(=O)Nc1ccccc1NC(=O)CCNC(=O)OC(C)(C)C. The molecule has 2 aromatic carbocycles. The molecule has 0 unspecified atom stereocenters. The van der Waals surface area contributed by atoms with Crippen LogP contribution in [0.2, 0.25) is 0 Å². The molecule has 3 N–H and O–H groups in total. The van der Waals surface area contributed by atoms with Gasteiger partial charge in [0.05, 0.1) is 18.0 Å². The molecule has 0 spiro atoms. The van der Waals surface area contributed by atoms with Crippen molar-refractivity contribution >= 4 is 29.3 Å². The fourth-order valence-electron chi connectivity index (χ4n) is 3.15. The quantitative estimate of drug-likeness (QED) is 0.427. The lowest BCUT2D eigenvalue weighted by molar-refractivity contribution is -0.117. The zero-order valence-electron chi connectivity index (χ0n) is 20.6. The van der Waals surface area contributed by atoms with Gasteiger partial charge in [-0.15, -0.1) is 0 Å². The molecular formula is C26H35N3O5. The number of nitrogens with one attached hydrogen (secondary N) is 3. The molecule has 0 saturated heterocycles. The first-order valence-electron chi connectivity index (χ1n) is 11.4. The normalized spacial score (nSPS) is 10.9. The van der Waals surface area contributed by atoms with Crippen LogP contribution in [0.1, 0.15) is 51.2 Å². The number of anilines is 2. The summed E-state index contributed by atoms with van der Waals surface area (Å²) in [5.74, 6) is 0.398. The summed E-state index contributed by atoms with van der Waals surface area (Å²) in [6.07, 6.45) is 0.337. The van der Waals surface area contributed by atoms with Crippen LogP contribution in [0.25, 0.3) is 0 Å². The van der Waals surface area contributed by atoms with Gasteiger partial charge in [0.1, 0.15) is 11.4 Å². The lowest BCUT2D eigenvalue weighted by Gasteiger charge is -2.19. The van der Waals surface area contributed by atoms with E-state index in [0.29, 0.717) is 24.4 Å². The van der Waals surface area contributed by atoms with Crippen LogP contribution in [0.5, 0.6) is 5.75 Å². The van der Waals surface area contributed by atoms with Crippen molar-refractivity contribution in [1.29, 1.82) is 0 Å². The molecule has 8 heteroatoms. The number of alkyl carbamates (subject to hydrolysis) is 1. The van der Waals surface area contributed by atoms with Crippen molar-refractivity contribution in [3.63, 3.8) is 0 Å². The van der Waals surface area contributed by atoms with E-state index in [1.165, 1.54) is 0 Å². The van der Waals surface area contributed by atoms with Gasteiger partial charge in [-0.2, -0.15) is 0 Å². The molecule has 0 aliphatic rings. The van der Waals surface area contributed by atoms with Gasteiger partial charge in [0.25, 0.3) is 0 Å². The van der Waals surface area contributed by atoms with E-state index in [1.54, 1.807) is 45.0 Å². The van der Waals surface area contributed by atoms with Crippen LogP contribution in [-0.4, -0.2) is 36.7 Å². The third-order valence-corrected chi connectivity index (χ3v) is 4.70. The van der Waals surface area contributed by atoms with Gasteiger partial charge < -0.3 is 25.4 Å². The highest BCUT2D eigenvalue weighted by Gasteiger charge is 2.16. The van der Waals surface area contributed by atoms with E-state index < -0.39 is 11.7 Å². The first-order valence-corrected chi connectivity index (χ1v) is 11.4. The number of hydrogen-bond donors (Lipinski definition) is 3. The smallest absolute Gasteiger partial charge is 0.407 e. The van der Waals surface area contributed by atoms with Crippen molar-refractivity contribution in [2.45, 2.75) is 59.5 Å². The zero-order valence-corrected chi connectivity index (χ0v) is 20.6. The lowest BCUT2D eigenvalue weighted by atomic mass is 10.1. The molecule has 8 nitrogen and oxygen atoms in total. The molecule has 0 bridgehead atoms. The molecule has 34 heavy (non-hydrogen) atoms. The lowest BCUT2D eigenvalue weighted by Crippen LogP contribution is -2.34. The summed E-state index contributed by atoms with van der Waals surface area (Å²) < 4.78 is 11.0. The summed E-state index contributed by atoms with van der Waals surface area (Å²) in [5.41, 5.74) is 2.53. The molecule has 0 aliphatic heterocycles. The Morgan fingerprint density at radius 3 is 1.94 bits per heavy atom. The monoisotopic (exact) mass is 469 g/mol. The molecular weight excluding hydrogens is 434 g/mol. The molecule has 0 heterocycles. The molecule has 0 saturated carbocycles. The summed E-state index contributed by atoms with van der Waals surface area (Å²) in [7, 11) is 0. The predicted octanol–water partition coefficient (Wildman–Crippen LogP) is 4.95. The Bertz CT molecular complexity index is 978. The number of hydrogen-bond acceptors (Lipinski definition) is 5. The van der Waals surface area contributed by atoms with Crippen molar-refractivity contribution < 1.29 is 23.9 Å². The summed E-state index contributed by atoms with van der Waals surface area (Å²) in [5, 5.41) is 8.15. The first kappa shape index (κ1) is 26.7. The number of carbonyl (C=O) groups excluding carboxylic acids is 3. The number of rotatable bonds is 10. The number of amides is 3. The van der Waals surface area contributed by atoms with Gasteiger partial charge in [0, 0.05) is 19.4 Å². The fraction of sp³-hybridized carbons (Fsp3) is 0.423. The van der Waals surface area contributed by atoms with E-state index in [9.17, 15) is 14.4 Å². The number of ether oxygens (including phenoxy) is 2. The Kier molecular flexibility index (Phi) is 9.92. The maximum absolute atomic E-state index is 12.4. The van der Waals surface area contributed by atoms with Crippen LogP contribution < -0.4 is 20.7 Å². The van der Waals surface area contributed by atoms with Crippen molar-refractivity contribution in [3.05, 3.63) is 53.6 Å². The van der Waals surface area contributed by atoms with E-state index in [-0.39, 0.29) is 31.2 Å². The average molecular weight is 470 g/mol. The number of aryl methyl sites for hydroxylation is 2. The van der Waals surface area contributed by atoms with Crippen molar-refractivity contribution in [3.8, 4) is 5.75 Å². The van der Waals surface area contributed by atoms with Gasteiger partial charge in [-0.3, -0.25) is 9.59 Å². The van der Waals surface area contributed by atoms with E-state index in [1.807, 2.05) is 32.0 Å². The highest BCUT2D eigenvalue weighted by molar-refractivity contribution is 5.99. The van der Waals surface area contributed by atoms with Crippen LogP contribution in [0.3, 0.4) is 0 Å². The van der Waals surface area contributed by atoms with Crippen LogP contribution in [0.15, 0.2) is 42.5 Å². The topological polar surface area (TPSA) is 106 Å². The average Bonchev–Trinajstić information content (AvgIpc) is 2.73. The largest absolute Gasteiger partial charge is 0.493 e. The highest BCUT2D eigenvalue weighted by atomic mass is 16.6. The molecule has 0 fully saturated rings. The Labute approximate surface area is 201 Å². The maximum atomic E-state index is 12.4. The van der Waals surface area contributed by atoms with E-state index in [4.69, 9.17) is 9.47 Å². The number of para-hydroxylation sites is 3. The highest BCUT2D eigenvalue weighted by Crippen LogP contribution is 2.23. The second-order valence-electron chi connectivity index (χ2n) is 8.99. The Hall–Kier alpha value is -3.55. The van der Waals surface area contributed by atoms with Gasteiger partial charge in [-0.25, -0.2) is 4.79 Å². The van der Waals surface area contributed by atoms with Gasteiger partial charge in [0.15, 0.2) is 0 Å². The standard InChI is InChI=1S/C26H35N3O5/c1-18-10-8-11-19(2)24(18)33-17-9-14-22(30)28-20-12-6-7-13-21(20)29-23(31)15-16-27-25(32)34-26(3,4)5/h6-8,10-13H,9,14-17H2,1-5H3,(H,27,32)(H,28,30)(H,29,31). The van der Waals surface area contributed by atoms with Crippen molar-refractivity contribution in [2.24, 2.45) is 0 Å². The van der Waals surface area contributed by atoms with Crippen molar-refractivity contribution in [2.75, 3.05) is 23.8 Å². The van der Waals surface area contributed by atoms with Crippen LogP contribution >= 0.6 is 0 Å². The summed E-state index contributed by atoms with van der Waals surface area (Å²) in [4.78, 5) is 36.4. The summed E-state index contributed by atoms with van der Waals surface area (Å²) in [6.45, 7) is 9.85. The maximum Gasteiger partial charge on any atom is 0.407 e. The molecule has 2 rings (SSSR count). The van der Waals surface area contributed by atoms with Gasteiger partial charge in [0.2, 0.25) is 11.8 Å². The summed E-state index contributed by atoms with van der Waals surface area (Å²) in [6, 6.07) is 12.9.